The van der Waals surface area contributed by atoms with E-state index >= 15 is 0 Å². The van der Waals surface area contributed by atoms with Gasteiger partial charge in [0.15, 0.2) is 0 Å². The Morgan fingerprint density at radius 3 is 1.79 bits per heavy atom. The molecule has 1 heteroatoms. The first-order valence-electron chi connectivity index (χ1n) is 5.65. The third-order valence-corrected chi connectivity index (χ3v) is 3.19. The zero-order valence-corrected chi connectivity index (χ0v) is 10.9. The second kappa shape index (κ2) is 4.97. The van der Waals surface area contributed by atoms with E-state index in [0.717, 1.165) is 0 Å². The average Bonchev–Trinajstić information content (AvgIpc) is 2.01. The van der Waals surface area contributed by atoms with Crippen LogP contribution in [0.1, 0.15) is 48.5 Å². The average molecular weight is 197 g/mol. The van der Waals surface area contributed by atoms with E-state index in [2.05, 4.69) is 60.4 Å². The van der Waals surface area contributed by atoms with E-state index in [9.17, 15) is 0 Å². The highest BCUT2D eigenvalue weighted by Crippen LogP contribution is 2.33. The maximum absolute atomic E-state index is 4.21. The number of hydrogen-bond acceptors (Lipinski definition) is 1. The molecule has 1 N–H and O–H groups in total. The summed E-state index contributed by atoms with van der Waals surface area (Å²) in [5, 5.41) is 3.56. The van der Waals surface area contributed by atoms with Crippen LogP contribution in [0.25, 0.3) is 0 Å². The van der Waals surface area contributed by atoms with E-state index in [1.807, 2.05) is 0 Å². The molecule has 0 aromatic rings. The molecule has 0 aliphatic carbocycles. The lowest BCUT2D eigenvalue weighted by atomic mass is 9.74. The normalized spacial score (nSPS) is 14.9. The van der Waals surface area contributed by atoms with Gasteiger partial charge >= 0.3 is 0 Å². The first kappa shape index (κ1) is 13.7. The summed E-state index contributed by atoms with van der Waals surface area (Å²) in [6.07, 6.45) is 0. The van der Waals surface area contributed by atoms with Crippen LogP contribution in [0.3, 0.4) is 0 Å². The summed E-state index contributed by atoms with van der Waals surface area (Å²) in [5.41, 5.74) is 1.50. The molecule has 0 saturated heterocycles. The Morgan fingerprint density at radius 2 is 1.50 bits per heavy atom. The van der Waals surface area contributed by atoms with Gasteiger partial charge in [-0.15, -0.1) is 0 Å². The van der Waals surface area contributed by atoms with Crippen LogP contribution in [0.5, 0.6) is 0 Å². The van der Waals surface area contributed by atoms with Gasteiger partial charge in [0, 0.05) is 17.5 Å². The van der Waals surface area contributed by atoms with E-state index in [1.165, 1.54) is 5.57 Å². The summed E-state index contributed by atoms with van der Waals surface area (Å²) in [4.78, 5) is 0. The molecule has 1 nitrogen and oxygen atoms in total. The quantitative estimate of drug-likeness (QED) is 0.664. The topological polar surface area (TPSA) is 12.0 Å². The monoisotopic (exact) mass is 197 g/mol. The van der Waals surface area contributed by atoms with Crippen LogP contribution >= 0.6 is 0 Å². The molecular weight excluding hydrogens is 170 g/mol. The van der Waals surface area contributed by atoms with E-state index < -0.39 is 0 Å². The number of hydrogen-bond donors (Lipinski definition) is 1. The van der Waals surface area contributed by atoms with Crippen LogP contribution in [-0.4, -0.2) is 12.1 Å². The van der Waals surface area contributed by atoms with Gasteiger partial charge in [0.25, 0.3) is 0 Å². The van der Waals surface area contributed by atoms with Crippen LogP contribution in [0.15, 0.2) is 12.2 Å². The molecule has 0 rings (SSSR count). The predicted molar refractivity (Wildman–Crippen MR) is 65.5 cm³/mol. The molecule has 0 heterocycles. The molecule has 84 valence electrons. The first-order valence-corrected chi connectivity index (χ1v) is 5.65. The smallest absolute Gasteiger partial charge is 0.0129 e. The first-order chi connectivity index (χ1) is 6.19. The van der Waals surface area contributed by atoms with Crippen molar-refractivity contribution in [2.75, 3.05) is 0 Å². The van der Waals surface area contributed by atoms with Crippen molar-refractivity contribution in [1.82, 2.24) is 5.32 Å². The van der Waals surface area contributed by atoms with Crippen LogP contribution < -0.4 is 5.32 Å². The summed E-state index contributed by atoms with van der Waals surface area (Å²) < 4.78 is 0. The van der Waals surface area contributed by atoms with Crippen molar-refractivity contribution in [1.29, 1.82) is 0 Å². The molecule has 0 aromatic carbocycles. The predicted octanol–water partition coefficient (Wildman–Crippen LogP) is 3.61. The minimum absolute atomic E-state index is 0.165. The van der Waals surface area contributed by atoms with Crippen molar-refractivity contribution in [2.45, 2.75) is 60.5 Å². The fourth-order valence-electron chi connectivity index (χ4n) is 1.73. The summed E-state index contributed by atoms with van der Waals surface area (Å²) in [6, 6.07) is 1.00. The second-order valence-corrected chi connectivity index (χ2v) is 5.44. The molecule has 0 amide bonds. The molecular formula is C13H27N. The molecule has 14 heavy (non-hydrogen) atoms. The van der Waals surface area contributed by atoms with Crippen molar-refractivity contribution in [3.63, 3.8) is 0 Å². The Hall–Kier alpha value is -0.300. The lowest BCUT2D eigenvalue weighted by Crippen LogP contribution is -2.44. The standard InChI is InChI=1S/C13H27N/c1-9(2)11(5)13(7,8)12(6)14-10(3)4/h9-10,12,14H,5H2,1-4,6-8H3. The van der Waals surface area contributed by atoms with Crippen LogP contribution in [0.2, 0.25) is 0 Å². The molecule has 0 aliphatic rings. The van der Waals surface area contributed by atoms with Crippen LogP contribution in [0.4, 0.5) is 0 Å². The highest BCUT2D eigenvalue weighted by Gasteiger charge is 2.30. The van der Waals surface area contributed by atoms with Gasteiger partial charge in [0.1, 0.15) is 0 Å². The van der Waals surface area contributed by atoms with Crippen molar-refractivity contribution in [2.24, 2.45) is 11.3 Å². The van der Waals surface area contributed by atoms with Gasteiger partial charge in [0.05, 0.1) is 0 Å². The third kappa shape index (κ3) is 3.45. The Kier molecular flexibility index (Phi) is 4.87. The van der Waals surface area contributed by atoms with E-state index in [4.69, 9.17) is 0 Å². The maximum Gasteiger partial charge on any atom is 0.0129 e. The summed E-state index contributed by atoms with van der Waals surface area (Å²) in [5.74, 6) is 0.557. The Balaban J connectivity index is 4.51. The van der Waals surface area contributed by atoms with Gasteiger partial charge < -0.3 is 5.32 Å². The van der Waals surface area contributed by atoms with Gasteiger partial charge in [-0.05, 0) is 12.8 Å². The SMILES string of the molecule is C=C(C(C)C)C(C)(C)C(C)NC(C)C. The molecule has 0 spiro atoms. The molecule has 1 atom stereocenters. The molecule has 0 radical (unpaired) electrons. The lowest BCUT2D eigenvalue weighted by Gasteiger charge is -2.37. The minimum Gasteiger partial charge on any atom is -0.311 e. The Morgan fingerprint density at radius 1 is 1.07 bits per heavy atom. The zero-order valence-electron chi connectivity index (χ0n) is 10.9. The molecule has 0 aromatic heterocycles. The largest absolute Gasteiger partial charge is 0.311 e. The molecule has 0 saturated carbocycles. The van der Waals surface area contributed by atoms with Crippen molar-refractivity contribution >= 4 is 0 Å². The van der Waals surface area contributed by atoms with Crippen molar-refractivity contribution in [3.8, 4) is 0 Å². The minimum atomic E-state index is 0.165. The zero-order chi connectivity index (χ0) is 11.5. The fraction of sp³-hybridized carbons (Fsp3) is 0.846. The summed E-state index contributed by atoms with van der Waals surface area (Å²) in [7, 11) is 0. The van der Waals surface area contributed by atoms with Gasteiger partial charge in [-0.3, -0.25) is 0 Å². The van der Waals surface area contributed by atoms with E-state index in [-0.39, 0.29) is 5.41 Å². The van der Waals surface area contributed by atoms with Gasteiger partial charge in [-0.25, -0.2) is 0 Å². The second-order valence-electron chi connectivity index (χ2n) is 5.44. The Labute approximate surface area is 90.0 Å². The van der Waals surface area contributed by atoms with Crippen molar-refractivity contribution in [3.05, 3.63) is 12.2 Å². The van der Waals surface area contributed by atoms with Crippen LogP contribution in [-0.2, 0) is 0 Å². The Bertz CT molecular complexity index is 189. The molecule has 0 bridgehead atoms. The highest BCUT2D eigenvalue weighted by molar-refractivity contribution is 5.13. The van der Waals surface area contributed by atoms with Gasteiger partial charge in [0.2, 0.25) is 0 Å². The fourth-order valence-corrected chi connectivity index (χ4v) is 1.73. The number of rotatable bonds is 5. The van der Waals surface area contributed by atoms with Crippen LogP contribution in [0, 0.1) is 11.3 Å². The number of nitrogens with one attached hydrogen (secondary N) is 1. The summed E-state index contributed by atoms with van der Waals surface area (Å²) in [6.45, 7) is 19.8. The molecule has 0 fully saturated rings. The highest BCUT2D eigenvalue weighted by atomic mass is 14.9. The van der Waals surface area contributed by atoms with E-state index in [0.29, 0.717) is 18.0 Å². The molecule has 0 aliphatic heterocycles. The van der Waals surface area contributed by atoms with Gasteiger partial charge in [-0.2, -0.15) is 0 Å². The van der Waals surface area contributed by atoms with Crippen molar-refractivity contribution < 1.29 is 0 Å². The third-order valence-electron chi connectivity index (χ3n) is 3.19. The van der Waals surface area contributed by atoms with Gasteiger partial charge in [-0.1, -0.05) is 53.7 Å². The van der Waals surface area contributed by atoms with E-state index in [1.54, 1.807) is 0 Å². The lowest BCUT2D eigenvalue weighted by molar-refractivity contribution is 0.276. The molecule has 1 unspecified atom stereocenters. The maximum atomic E-state index is 4.21. The summed E-state index contributed by atoms with van der Waals surface area (Å²) >= 11 is 0.